The van der Waals surface area contributed by atoms with Crippen LogP contribution in [0.2, 0.25) is 0 Å². The number of likely N-dealkylation sites (tertiary alicyclic amines) is 1. The molecule has 0 saturated carbocycles. The SMILES string of the molecule is O=C(O)C(F)(F)F.O=C1C2CN(Cc3ccc(F)cc3)CC2CN1c1ccccc1. The van der Waals surface area contributed by atoms with Gasteiger partial charge >= 0.3 is 12.1 Å². The molecule has 4 rings (SSSR count). The summed E-state index contributed by atoms with van der Waals surface area (Å²) in [5.74, 6) is -2.24. The van der Waals surface area contributed by atoms with Crippen LogP contribution < -0.4 is 4.90 Å². The summed E-state index contributed by atoms with van der Waals surface area (Å²) in [6.07, 6.45) is -5.08. The Kier molecular flexibility index (Phi) is 6.40. The third-order valence-corrected chi connectivity index (χ3v) is 5.15. The Morgan fingerprint density at radius 2 is 1.60 bits per heavy atom. The van der Waals surface area contributed by atoms with Crippen LogP contribution in [0.1, 0.15) is 5.56 Å². The number of anilines is 1. The molecule has 0 aromatic heterocycles. The van der Waals surface area contributed by atoms with Crippen molar-refractivity contribution in [2.75, 3.05) is 24.5 Å². The van der Waals surface area contributed by atoms with E-state index in [2.05, 4.69) is 4.90 Å². The number of aliphatic carboxylic acids is 1. The molecule has 1 amide bonds. The molecule has 1 N–H and O–H groups in total. The zero-order chi connectivity index (χ0) is 21.9. The van der Waals surface area contributed by atoms with Crippen molar-refractivity contribution in [3.63, 3.8) is 0 Å². The topological polar surface area (TPSA) is 60.9 Å². The van der Waals surface area contributed by atoms with Gasteiger partial charge in [0.2, 0.25) is 5.91 Å². The fraction of sp³-hybridized carbons (Fsp3) is 0.333. The number of hydrogen-bond acceptors (Lipinski definition) is 3. The fourth-order valence-corrected chi connectivity index (χ4v) is 3.77. The summed E-state index contributed by atoms with van der Waals surface area (Å²) in [5.41, 5.74) is 2.09. The molecule has 2 heterocycles. The van der Waals surface area contributed by atoms with Crippen LogP contribution in [-0.2, 0) is 16.1 Å². The third-order valence-electron chi connectivity index (χ3n) is 5.15. The van der Waals surface area contributed by atoms with Gasteiger partial charge < -0.3 is 10.0 Å². The second-order valence-electron chi connectivity index (χ2n) is 7.27. The minimum Gasteiger partial charge on any atom is -0.475 e. The molecule has 2 fully saturated rings. The molecule has 0 radical (unpaired) electrons. The van der Waals surface area contributed by atoms with Gasteiger partial charge in [0.15, 0.2) is 0 Å². The van der Waals surface area contributed by atoms with E-state index in [-0.39, 0.29) is 17.6 Å². The molecule has 0 aliphatic carbocycles. The summed E-state index contributed by atoms with van der Waals surface area (Å²) in [4.78, 5) is 25.8. The smallest absolute Gasteiger partial charge is 0.475 e. The van der Waals surface area contributed by atoms with Crippen molar-refractivity contribution in [2.45, 2.75) is 12.7 Å². The number of benzene rings is 2. The summed E-state index contributed by atoms with van der Waals surface area (Å²) >= 11 is 0. The molecule has 2 aromatic rings. The van der Waals surface area contributed by atoms with E-state index in [0.29, 0.717) is 5.92 Å². The quantitative estimate of drug-likeness (QED) is 0.766. The van der Waals surface area contributed by atoms with Gasteiger partial charge in [0.1, 0.15) is 5.82 Å². The van der Waals surface area contributed by atoms with Crippen molar-refractivity contribution in [2.24, 2.45) is 11.8 Å². The number of rotatable bonds is 3. The molecule has 2 atom stereocenters. The Bertz CT molecular complexity index is 887. The van der Waals surface area contributed by atoms with E-state index >= 15 is 0 Å². The van der Waals surface area contributed by atoms with Gasteiger partial charge in [0.25, 0.3) is 0 Å². The van der Waals surface area contributed by atoms with E-state index < -0.39 is 12.1 Å². The van der Waals surface area contributed by atoms with Crippen LogP contribution in [0.15, 0.2) is 54.6 Å². The maximum Gasteiger partial charge on any atom is 0.490 e. The zero-order valence-electron chi connectivity index (χ0n) is 15.8. The summed E-state index contributed by atoms with van der Waals surface area (Å²) in [7, 11) is 0. The summed E-state index contributed by atoms with van der Waals surface area (Å²) in [5, 5.41) is 7.12. The number of para-hydroxylation sites is 1. The molecule has 160 valence electrons. The number of carboxylic acids is 1. The molecular formula is C21H20F4N2O3. The largest absolute Gasteiger partial charge is 0.490 e. The molecule has 30 heavy (non-hydrogen) atoms. The molecule has 5 nitrogen and oxygen atoms in total. The maximum atomic E-state index is 13.0. The Morgan fingerprint density at radius 1 is 1.00 bits per heavy atom. The molecule has 2 aromatic carbocycles. The molecule has 0 bridgehead atoms. The third kappa shape index (κ3) is 5.15. The highest BCUT2D eigenvalue weighted by Gasteiger charge is 2.46. The molecule has 9 heteroatoms. The Hall–Kier alpha value is -2.94. The first kappa shape index (κ1) is 21.8. The van der Waals surface area contributed by atoms with E-state index in [1.165, 1.54) is 12.1 Å². The number of carbonyl (C=O) groups excluding carboxylic acids is 1. The van der Waals surface area contributed by atoms with Crippen molar-refractivity contribution in [3.05, 3.63) is 66.0 Å². The van der Waals surface area contributed by atoms with E-state index in [0.717, 1.165) is 37.4 Å². The van der Waals surface area contributed by atoms with Crippen molar-refractivity contribution in [1.29, 1.82) is 0 Å². The average Bonchev–Trinajstić information content (AvgIpc) is 3.23. The van der Waals surface area contributed by atoms with Crippen molar-refractivity contribution < 1.29 is 32.3 Å². The highest BCUT2D eigenvalue weighted by Crippen LogP contribution is 2.35. The van der Waals surface area contributed by atoms with Gasteiger partial charge in [-0.05, 0) is 29.8 Å². The number of alkyl halides is 3. The van der Waals surface area contributed by atoms with Crippen molar-refractivity contribution in [1.82, 2.24) is 4.90 Å². The van der Waals surface area contributed by atoms with Gasteiger partial charge in [-0.3, -0.25) is 9.69 Å². The number of fused-ring (bicyclic) bond motifs is 1. The first-order valence-corrected chi connectivity index (χ1v) is 9.28. The van der Waals surface area contributed by atoms with Crippen LogP contribution >= 0.6 is 0 Å². The predicted octanol–water partition coefficient (Wildman–Crippen LogP) is 3.55. The summed E-state index contributed by atoms with van der Waals surface area (Å²) in [6, 6.07) is 16.5. The highest BCUT2D eigenvalue weighted by molar-refractivity contribution is 5.98. The van der Waals surface area contributed by atoms with Crippen molar-refractivity contribution in [3.8, 4) is 0 Å². The first-order chi connectivity index (χ1) is 14.1. The van der Waals surface area contributed by atoms with Gasteiger partial charge in [-0.15, -0.1) is 0 Å². The molecule has 2 unspecified atom stereocenters. The fourth-order valence-electron chi connectivity index (χ4n) is 3.77. The van der Waals surface area contributed by atoms with Crippen LogP contribution in [0.5, 0.6) is 0 Å². The van der Waals surface area contributed by atoms with Crippen LogP contribution in [0.25, 0.3) is 0 Å². The average molecular weight is 424 g/mol. The molecule has 2 aliphatic rings. The number of amides is 1. The van der Waals surface area contributed by atoms with Crippen molar-refractivity contribution >= 4 is 17.6 Å². The van der Waals surface area contributed by atoms with Crippen LogP contribution in [0, 0.1) is 17.7 Å². The number of carboxylic acid groups (broad SMARTS) is 1. The Labute approximate surface area is 170 Å². The van der Waals surface area contributed by atoms with Gasteiger partial charge in [-0.2, -0.15) is 13.2 Å². The summed E-state index contributed by atoms with van der Waals surface area (Å²) < 4.78 is 44.7. The Morgan fingerprint density at radius 3 is 2.13 bits per heavy atom. The van der Waals surface area contributed by atoms with Crippen LogP contribution in [0.4, 0.5) is 23.2 Å². The monoisotopic (exact) mass is 424 g/mol. The van der Waals surface area contributed by atoms with Gasteiger partial charge in [-0.1, -0.05) is 30.3 Å². The summed E-state index contributed by atoms with van der Waals surface area (Å²) in [6.45, 7) is 3.31. The van der Waals surface area contributed by atoms with E-state index in [4.69, 9.17) is 9.90 Å². The molecule has 2 aliphatic heterocycles. The lowest BCUT2D eigenvalue weighted by molar-refractivity contribution is -0.192. The number of hydrogen-bond donors (Lipinski definition) is 1. The molecule has 2 saturated heterocycles. The van der Waals surface area contributed by atoms with Gasteiger partial charge in [0.05, 0.1) is 5.92 Å². The predicted molar refractivity (Wildman–Crippen MR) is 101 cm³/mol. The van der Waals surface area contributed by atoms with Crippen LogP contribution in [-0.4, -0.2) is 47.7 Å². The first-order valence-electron chi connectivity index (χ1n) is 9.28. The lowest BCUT2D eigenvalue weighted by atomic mass is 10.0. The molecule has 0 spiro atoms. The standard InChI is InChI=1S/C19H19FN2O.C2HF3O2/c20-16-8-6-14(7-9-16)10-21-11-15-12-22(19(23)18(15)13-21)17-4-2-1-3-5-17;3-2(4,5)1(6)7/h1-9,15,18H,10-13H2;(H,6,7). The number of halogens is 4. The maximum absolute atomic E-state index is 13.0. The Balaban J connectivity index is 0.000000318. The lowest BCUT2D eigenvalue weighted by Gasteiger charge is -2.21. The zero-order valence-corrected chi connectivity index (χ0v) is 15.8. The minimum atomic E-state index is -5.08. The van der Waals surface area contributed by atoms with Gasteiger partial charge in [-0.25, -0.2) is 9.18 Å². The highest BCUT2D eigenvalue weighted by atomic mass is 19.4. The minimum absolute atomic E-state index is 0.0932. The van der Waals surface area contributed by atoms with Crippen LogP contribution in [0.3, 0.4) is 0 Å². The second-order valence-corrected chi connectivity index (χ2v) is 7.27. The number of nitrogens with zero attached hydrogens (tertiary/aromatic N) is 2. The van der Waals surface area contributed by atoms with E-state index in [9.17, 15) is 22.4 Å². The second kappa shape index (κ2) is 8.83. The van der Waals surface area contributed by atoms with Gasteiger partial charge in [0, 0.05) is 37.8 Å². The lowest BCUT2D eigenvalue weighted by Crippen LogP contribution is -2.32. The van der Waals surface area contributed by atoms with E-state index in [1.54, 1.807) is 0 Å². The molecular weight excluding hydrogens is 404 g/mol. The number of carbonyl (C=O) groups is 2. The van der Waals surface area contributed by atoms with E-state index in [1.807, 2.05) is 47.4 Å². The normalized spacial score (nSPS) is 21.2.